The van der Waals surface area contributed by atoms with Crippen LogP contribution in [0.2, 0.25) is 0 Å². The normalized spacial score (nSPS) is 39.8. The van der Waals surface area contributed by atoms with Crippen LogP contribution < -0.4 is 0 Å². The second-order valence-corrected chi connectivity index (χ2v) is 4.00. The fraction of sp³-hybridized carbons (Fsp3) is 1.00. The van der Waals surface area contributed by atoms with Crippen LogP contribution in [0.5, 0.6) is 0 Å². The molecule has 0 saturated carbocycles. The lowest BCUT2D eigenvalue weighted by Gasteiger charge is -2.19. The number of hydrogen-bond donors (Lipinski definition) is 2. The number of aliphatic hydroxyl groups excluding tert-OH is 2. The predicted molar refractivity (Wildman–Crippen MR) is 36.9 cm³/mol. The summed E-state index contributed by atoms with van der Waals surface area (Å²) in [5.41, 5.74) is -0.521. The van der Waals surface area contributed by atoms with E-state index in [1.54, 1.807) is 0 Å². The van der Waals surface area contributed by atoms with E-state index in [9.17, 15) is 0 Å². The van der Waals surface area contributed by atoms with Crippen molar-refractivity contribution in [3.63, 3.8) is 0 Å². The monoisotopic (exact) mass is 152 g/mol. The number of hydrogen-bond acceptors (Lipinski definition) is 4. The molecule has 0 spiro atoms. The van der Waals surface area contributed by atoms with Gasteiger partial charge in [0.2, 0.25) is 0 Å². The van der Waals surface area contributed by atoms with Gasteiger partial charge in [0.25, 0.3) is 0 Å². The van der Waals surface area contributed by atoms with Gasteiger partial charge < -0.3 is 10.2 Å². The van der Waals surface area contributed by atoms with Gasteiger partial charge in [-0.1, -0.05) is 0 Å². The Balaban J connectivity index is 2.19. The van der Waals surface area contributed by atoms with Gasteiger partial charge in [-0.3, -0.25) is 0 Å². The highest BCUT2D eigenvalue weighted by atomic mass is 32.2. The van der Waals surface area contributed by atoms with E-state index in [0.29, 0.717) is 11.5 Å². The molecule has 1 rings (SSSR count). The molecule has 0 aromatic rings. The number of rotatable bonds is 0. The van der Waals surface area contributed by atoms with E-state index in [4.69, 9.17) is 10.2 Å². The van der Waals surface area contributed by atoms with Crippen LogP contribution in [0.25, 0.3) is 0 Å². The molecule has 1 fully saturated rings. The second-order valence-electron chi connectivity index (χ2n) is 1.58. The third-order valence-corrected chi connectivity index (χ3v) is 3.40. The third-order valence-electron chi connectivity index (χ3n) is 0.862. The average molecular weight is 152 g/mol. The SMILES string of the molecule is O[C@H]1CS[C@@H](O)CS1. The Morgan fingerprint density at radius 2 is 1.38 bits per heavy atom. The summed E-state index contributed by atoms with van der Waals surface area (Å²) in [7, 11) is 0. The van der Waals surface area contributed by atoms with E-state index in [1.165, 1.54) is 23.5 Å². The quantitative estimate of drug-likeness (QED) is 0.516. The molecule has 48 valence electrons. The molecule has 2 nitrogen and oxygen atoms in total. The van der Waals surface area contributed by atoms with E-state index in [0.717, 1.165) is 0 Å². The molecule has 0 unspecified atom stereocenters. The summed E-state index contributed by atoms with van der Waals surface area (Å²) in [5.74, 6) is 1.32. The van der Waals surface area contributed by atoms with Crippen LogP contribution in [-0.4, -0.2) is 32.6 Å². The van der Waals surface area contributed by atoms with Crippen molar-refractivity contribution in [2.45, 2.75) is 10.9 Å². The summed E-state index contributed by atoms with van der Waals surface area (Å²) in [6, 6.07) is 0. The van der Waals surface area contributed by atoms with Gasteiger partial charge in [0.1, 0.15) is 10.9 Å². The smallest absolute Gasteiger partial charge is 0.108 e. The fourth-order valence-electron chi connectivity index (χ4n) is 0.483. The maximum absolute atomic E-state index is 8.86. The summed E-state index contributed by atoms with van der Waals surface area (Å²) >= 11 is 2.82. The van der Waals surface area contributed by atoms with Crippen molar-refractivity contribution in [3.8, 4) is 0 Å². The molecule has 0 amide bonds. The summed E-state index contributed by atoms with van der Waals surface area (Å²) < 4.78 is 0. The van der Waals surface area contributed by atoms with Crippen LogP contribution in [0, 0.1) is 0 Å². The van der Waals surface area contributed by atoms with Gasteiger partial charge in [0, 0.05) is 11.5 Å². The average Bonchev–Trinajstić information content (AvgIpc) is 1.77. The predicted octanol–water partition coefficient (Wildman–Crippen LogP) is 0.103. The summed E-state index contributed by atoms with van der Waals surface area (Å²) in [6.07, 6.45) is 0. The molecular weight excluding hydrogens is 144 g/mol. The van der Waals surface area contributed by atoms with Crippen LogP contribution in [0.3, 0.4) is 0 Å². The van der Waals surface area contributed by atoms with Gasteiger partial charge in [-0.25, -0.2) is 0 Å². The topological polar surface area (TPSA) is 40.5 Å². The Labute approximate surface area is 56.7 Å². The molecule has 2 atom stereocenters. The van der Waals surface area contributed by atoms with Crippen molar-refractivity contribution in [2.24, 2.45) is 0 Å². The lowest BCUT2D eigenvalue weighted by atomic mass is 10.8. The van der Waals surface area contributed by atoms with Crippen molar-refractivity contribution >= 4 is 23.5 Å². The van der Waals surface area contributed by atoms with E-state index in [1.807, 2.05) is 0 Å². The van der Waals surface area contributed by atoms with Crippen LogP contribution in [-0.2, 0) is 0 Å². The van der Waals surface area contributed by atoms with Gasteiger partial charge in [-0.2, -0.15) is 0 Å². The zero-order chi connectivity index (χ0) is 5.98. The van der Waals surface area contributed by atoms with Crippen molar-refractivity contribution in [3.05, 3.63) is 0 Å². The summed E-state index contributed by atoms with van der Waals surface area (Å²) in [6.45, 7) is 0. The summed E-state index contributed by atoms with van der Waals surface area (Å²) in [5, 5.41) is 17.7. The molecule has 1 saturated heterocycles. The van der Waals surface area contributed by atoms with Gasteiger partial charge in [0.05, 0.1) is 0 Å². The Hall–Kier alpha value is 0.620. The first-order valence-corrected chi connectivity index (χ1v) is 4.48. The van der Waals surface area contributed by atoms with Gasteiger partial charge in [0.15, 0.2) is 0 Å². The molecule has 0 aromatic heterocycles. The van der Waals surface area contributed by atoms with E-state index in [2.05, 4.69) is 0 Å². The van der Waals surface area contributed by atoms with Crippen molar-refractivity contribution < 1.29 is 10.2 Å². The molecule has 1 aliphatic heterocycles. The number of aliphatic hydroxyl groups is 2. The fourth-order valence-corrected chi connectivity index (χ4v) is 2.50. The second kappa shape index (κ2) is 2.96. The molecule has 2 N–H and O–H groups in total. The minimum Gasteiger partial charge on any atom is -0.382 e. The highest BCUT2D eigenvalue weighted by Gasteiger charge is 2.16. The molecular formula is C4H8O2S2. The molecule has 0 aromatic carbocycles. The Kier molecular flexibility index (Phi) is 2.49. The van der Waals surface area contributed by atoms with E-state index < -0.39 is 0 Å². The molecule has 0 radical (unpaired) electrons. The lowest BCUT2D eigenvalue weighted by Crippen LogP contribution is -2.19. The molecule has 1 heterocycles. The van der Waals surface area contributed by atoms with Gasteiger partial charge >= 0.3 is 0 Å². The first-order valence-electron chi connectivity index (χ1n) is 2.38. The summed E-state index contributed by atoms with van der Waals surface area (Å²) in [4.78, 5) is 0. The Morgan fingerprint density at radius 3 is 1.62 bits per heavy atom. The molecule has 1 aliphatic rings. The molecule has 0 bridgehead atoms. The molecule has 0 aliphatic carbocycles. The Bertz CT molecular complexity index is 60.4. The minimum atomic E-state index is -0.261. The van der Waals surface area contributed by atoms with Crippen LogP contribution >= 0.6 is 23.5 Å². The van der Waals surface area contributed by atoms with Gasteiger partial charge in [-0.15, -0.1) is 23.5 Å². The van der Waals surface area contributed by atoms with Crippen LogP contribution in [0.4, 0.5) is 0 Å². The molecule has 8 heavy (non-hydrogen) atoms. The lowest BCUT2D eigenvalue weighted by molar-refractivity contribution is 0.263. The first kappa shape index (κ1) is 6.74. The third kappa shape index (κ3) is 1.85. The highest BCUT2D eigenvalue weighted by Crippen LogP contribution is 2.26. The van der Waals surface area contributed by atoms with Crippen molar-refractivity contribution in [1.82, 2.24) is 0 Å². The Morgan fingerprint density at radius 1 is 1.00 bits per heavy atom. The highest BCUT2D eigenvalue weighted by molar-refractivity contribution is 8.06. The van der Waals surface area contributed by atoms with E-state index in [-0.39, 0.29) is 10.9 Å². The van der Waals surface area contributed by atoms with E-state index >= 15 is 0 Å². The maximum Gasteiger partial charge on any atom is 0.108 e. The first-order chi connectivity index (χ1) is 3.79. The van der Waals surface area contributed by atoms with Crippen molar-refractivity contribution in [1.29, 1.82) is 0 Å². The largest absolute Gasteiger partial charge is 0.382 e. The minimum absolute atomic E-state index is 0.261. The van der Waals surface area contributed by atoms with Crippen LogP contribution in [0.15, 0.2) is 0 Å². The van der Waals surface area contributed by atoms with Crippen molar-refractivity contribution in [2.75, 3.05) is 11.5 Å². The molecule has 4 heteroatoms. The zero-order valence-electron chi connectivity index (χ0n) is 4.28. The number of thioether (sulfide) groups is 2. The zero-order valence-corrected chi connectivity index (χ0v) is 5.91. The van der Waals surface area contributed by atoms with Gasteiger partial charge in [-0.05, 0) is 0 Å². The standard InChI is InChI=1S/C4H8O2S2/c5-3-1-7-4(6)2-8-3/h3-6H,1-2H2/t3-,4-/m1/s1. The van der Waals surface area contributed by atoms with Crippen LogP contribution in [0.1, 0.15) is 0 Å². The maximum atomic E-state index is 8.86.